The van der Waals surface area contributed by atoms with Gasteiger partial charge in [0.2, 0.25) is 0 Å². The molecule has 0 aliphatic rings. The number of aromatic nitrogens is 1. The lowest BCUT2D eigenvalue weighted by Crippen LogP contribution is -2.57. The molecule has 3 rings (SSSR count). The van der Waals surface area contributed by atoms with Gasteiger partial charge in [0.05, 0.1) is 23.9 Å². The molecule has 1 unspecified atom stereocenters. The van der Waals surface area contributed by atoms with E-state index in [-0.39, 0.29) is 13.0 Å². The highest BCUT2D eigenvalue weighted by molar-refractivity contribution is 6.43. The quantitative estimate of drug-likeness (QED) is 0.294. The fourth-order valence-electron chi connectivity index (χ4n) is 3.19. The van der Waals surface area contributed by atoms with Crippen LogP contribution in [0.2, 0.25) is 0 Å². The lowest BCUT2D eigenvalue weighted by molar-refractivity contribution is -0.144. The number of hydrogen-bond donors (Lipinski definition) is 4. The lowest BCUT2D eigenvalue weighted by atomic mass is 9.75. The van der Waals surface area contributed by atoms with Crippen molar-refractivity contribution in [1.82, 2.24) is 15.6 Å². The van der Waals surface area contributed by atoms with Crippen LogP contribution in [0.4, 0.5) is 4.39 Å². The average molecular weight is 449 g/mol. The number of hydrogen-bond acceptors (Lipinski definition) is 5. The van der Waals surface area contributed by atoms with Crippen LogP contribution in [0.15, 0.2) is 78.9 Å². The summed E-state index contributed by atoms with van der Waals surface area (Å²) in [6.45, 7) is 0.747. The first-order chi connectivity index (χ1) is 15.8. The predicted molar refractivity (Wildman–Crippen MR) is 123 cm³/mol. The number of carbonyl (C=O) groups is 2. The number of alkyl halides is 1. The van der Waals surface area contributed by atoms with E-state index < -0.39 is 30.5 Å². The molecule has 0 saturated heterocycles. The number of pyridine rings is 1. The van der Waals surface area contributed by atoms with Crippen molar-refractivity contribution in [3.63, 3.8) is 0 Å². The molecule has 2 atom stereocenters. The Hall–Kier alpha value is -3.56. The van der Waals surface area contributed by atoms with Crippen molar-refractivity contribution in [2.75, 3.05) is 0 Å². The minimum absolute atomic E-state index is 0.0537. The number of benzene rings is 2. The second-order valence-corrected chi connectivity index (χ2v) is 7.75. The molecule has 170 valence electrons. The van der Waals surface area contributed by atoms with E-state index in [4.69, 9.17) is 0 Å². The molecule has 2 amide bonds. The van der Waals surface area contributed by atoms with Gasteiger partial charge in [0.1, 0.15) is 0 Å². The highest BCUT2D eigenvalue weighted by atomic mass is 19.1. The van der Waals surface area contributed by atoms with Crippen LogP contribution in [0, 0.1) is 0 Å². The van der Waals surface area contributed by atoms with E-state index in [0.717, 1.165) is 12.5 Å². The van der Waals surface area contributed by atoms with Gasteiger partial charge >= 0.3 is 7.12 Å². The third kappa shape index (κ3) is 6.47. The Kier molecular flexibility index (Phi) is 7.92. The Morgan fingerprint density at radius 3 is 2.24 bits per heavy atom. The first-order valence-electron chi connectivity index (χ1n) is 10.5. The summed E-state index contributed by atoms with van der Waals surface area (Å²) in [5.41, 5.74) is -0.129. The summed E-state index contributed by atoms with van der Waals surface area (Å²) in [6, 6.07) is 23.5. The third-order valence-electron chi connectivity index (χ3n) is 5.13. The molecule has 0 saturated carbocycles. The Morgan fingerprint density at radius 1 is 0.970 bits per heavy atom. The molecule has 1 aromatic heterocycles. The summed E-state index contributed by atoms with van der Waals surface area (Å²) >= 11 is 0. The molecule has 0 spiro atoms. The van der Waals surface area contributed by atoms with E-state index in [1.807, 2.05) is 36.4 Å². The number of carbonyl (C=O) groups excluding carboxylic acids is 2. The topological polar surface area (TPSA) is 112 Å². The Balaban J connectivity index is 1.62. The summed E-state index contributed by atoms with van der Waals surface area (Å²) in [5, 5.41) is 23.8. The average Bonchev–Trinajstić information content (AvgIpc) is 2.83. The van der Waals surface area contributed by atoms with E-state index in [0.29, 0.717) is 17.0 Å². The van der Waals surface area contributed by atoms with Crippen LogP contribution in [0.1, 0.15) is 18.2 Å². The Morgan fingerprint density at radius 2 is 1.61 bits per heavy atom. The molecule has 7 nitrogen and oxygen atoms in total. The zero-order valence-corrected chi connectivity index (χ0v) is 18.1. The van der Waals surface area contributed by atoms with Crippen LogP contribution < -0.4 is 10.6 Å². The van der Waals surface area contributed by atoms with Crippen molar-refractivity contribution >= 4 is 18.9 Å². The first kappa shape index (κ1) is 24.1. The van der Waals surface area contributed by atoms with Gasteiger partial charge in [-0.25, -0.2) is 4.39 Å². The van der Waals surface area contributed by atoms with E-state index >= 15 is 4.39 Å². The molecule has 0 fully saturated rings. The SMILES string of the molecule is CC(F)(C(=O)NCc1cccc(-c2ccccc2)n1)C(=O)N[C@@H](Cc1ccccc1)B(O)O. The van der Waals surface area contributed by atoms with Crippen LogP contribution in [-0.2, 0) is 22.6 Å². The van der Waals surface area contributed by atoms with Crippen LogP contribution in [0.25, 0.3) is 11.3 Å². The number of halogens is 1. The Labute approximate surface area is 191 Å². The van der Waals surface area contributed by atoms with E-state index in [1.54, 1.807) is 42.5 Å². The predicted octanol–water partition coefficient (Wildman–Crippen LogP) is 1.83. The summed E-state index contributed by atoms with van der Waals surface area (Å²) < 4.78 is 15.1. The van der Waals surface area contributed by atoms with Gasteiger partial charge in [-0.2, -0.15) is 0 Å². The highest BCUT2D eigenvalue weighted by Gasteiger charge is 2.43. The molecular weight excluding hydrogens is 424 g/mol. The van der Waals surface area contributed by atoms with Crippen molar-refractivity contribution in [2.45, 2.75) is 31.5 Å². The fourth-order valence-corrected chi connectivity index (χ4v) is 3.19. The maximum Gasteiger partial charge on any atom is 0.475 e. The summed E-state index contributed by atoms with van der Waals surface area (Å²) in [6.07, 6.45) is 0.0537. The molecule has 33 heavy (non-hydrogen) atoms. The van der Waals surface area contributed by atoms with Crippen molar-refractivity contribution < 1.29 is 24.0 Å². The minimum atomic E-state index is -2.93. The zero-order valence-electron chi connectivity index (χ0n) is 18.1. The van der Waals surface area contributed by atoms with Gasteiger partial charge in [0.25, 0.3) is 17.5 Å². The van der Waals surface area contributed by atoms with Gasteiger partial charge in [0.15, 0.2) is 0 Å². The summed E-state index contributed by atoms with van der Waals surface area (Å²) in [4.78, 5) is 29.4. The molecule has 4 N–H and O–H groups in total. The van der Waals surface area contributed by atoms with Crippen molar-refractivity contribution in [1.29, 1.82) is 0 Å². The van der Waals surface area contributed by atoms with Gasteiger partial charge in [0, 0.05) is 5.56 Å². The molecule has 0 bridgehead atoms. The third-order valence-corrected chi connectivity index (χ3v) is 5.13. The van der Waals surface area contributed by atoms with Crippen molar-refractivity contribution in [3.05, 3.63) is 90.1 Å². The fraction of sp³-hybridized carbons (Fsp3) is 0.208. The zero-order chi connectivity index (χ0) is 23.8. The van der Waals surface area contributed by atoms with Crippen LogP contribution in [0.5, 0.6) is 0 Å². The van der Waals surface area contributed by atoms with Crippen molar-refractivity contribution in [2.24, 2.45) is 0 Å². The van der Waals surface area contributed by atoms with Crippen LogP contribution >= 0.6 is 0 Å². The molecule has 0 radical (unpaired) electrons. The molecular formula is C24H25BFN3O4. The lowest BCUT2D eigenvalue weighted by Gasteiger charge is -2.24. The monoisotopic (exact) mass is 449 g/mol. The van der Waals surface area contributed by atoms with Gasteiger partial charge in [-0.1, -0.05) is 66.7 Å². The second-order valence-electron chi connectivity index (χ2n) is 7.75. The molecule has 9 heteroatoms. The van der Waals surface area contributed by atoms with Gasteiger partial charge in [-0.15, -0.1) is 0 Å². The van der Waals surface area contributed by atoms with Crippen molar-refractivity contribution in [3.8, 4) is 11.3 Å². The maximum atomic E-state index is 15.1. The molecule has 3 aromatic rings. The van der Waals surface area contributed by atoms with E-state index in [1.165, 1.54) is 0 Å². The Bertz CT molecular complexity index is 1080. The number of nitrogens with one attached hydrogen (secondary N) is 2. The van der Waals surface area contributed by atoms with Gasteiger partial charge in [-0.3, -0.25) is 14.6 Å². The number of nitrogens with zero attached hydrogens (tertiary/aromatic N) is 1. The molecule has 0 aliphatic carbocycles. The maximum absolute atomic E-state index is 15.1. The second kappa shape index (κ2) is 10.8. The first-order valence-corrected chi connectivity index (χ1v) is 10.5. The summed E-state index contributed by atoms with van der Waals surface area (Å²) in [7, 11) is -1.93. The molecule has 2 aromatic carbocycles. The largest absolute Gasteiger partial charge is 0.475 e. The van der Waals surface area contributed by atoms with Gasteiger partial charge in [-0.05, 0) is 31.0 Å². The number of rotatable bonds is 9. The minimum Gasteiger partial charge on any atom is -0.426 e. The van der Waals surface area contributed by atoms with Gasteiger partial charge < -0.3 is 20.7 Å². The standard InChI is InChI=1S/C24H25BFN3O4/c1-24(26,23(31)29-21(25(32)33)15-17-9-4-2-5-10-17)22(30)27-16-19-13-8-14-20(28-19)18-11-6-3-7-12-18/h2-14,21,32-33H,15-16H2,1H3,(H,27,30)(H,29,31)/t21-,24?/m0/s1. The smallest absolute Gasteiger partial charge is 0.426 e. The molecule has 0 aliphatic heterocycles. The van der Waals surface area contributed by atoms with E-state index in [9.17, 15) is 19.6 Å². The molecule has 1 heterocycles. The van der Waals surface area contributed by atoms with Crippen LogP contribution in [-0.4, -0.2) is 45.6 Å². The number of amides is 2. The normalized spacial score (nSPS) is 13.5. The van der Waals surface area contributed by atoms with E-state index in [2.05, 4.69) is 15.6 Å². The summed E-state index contributed by atoms with van der Waals surface area (Å²) in [5.74, 6) is -3.61. The van der Waals surface area contributed by atoms with Crippen LogP contribution in [0.3, 0.4) is 0 Å². The highest BCUT2D eigenvalue weighted by Crippen LogP contribution is 2.17.